The van der Waals surface area contributed by atoms with Crippen LogP contribution in [0.1, 0.15) is 37.3 Å². The number of benzene rings is 2. The zero-order chi connectivity index (χ0) is 16.1. The van der Waals surface area contributed by atoms with Crippen LogP contribution in [0.15, 0.2) is 48.5 Å². The lowest BCUT2D eigenvalue weighted by Crippen LogP contribution is -2.26. The molecular weight excluding hydrogens is 277 g/mol. The van der Waals surface area contributed by atoms with E-state index in [-0.39, 0.29) is 23.6 Å². The lowest BCUT2D eigenvalue weighted by atomic mass is 9.85. The quantitative estimate of drug-likeness (QED) is 0.835. The summed E-state index contributed by atoms with van der Waals surface area (Å²) >= 11 is 0. The summed E-state index contributed by atoms with van der Waals surface area (Å²) in [6.45, 7) is 5.95. The highest BCUT2D eigenvalue weighted by molar-refractivity contribution is 5.96. The SMILES string of the molecule is CCC(C)C(C(=O)Nc1ccc(F)cc1C)c1ccccc1. The lowest BCUT2D eigenvalue weighted by molar-refractivity contribution is -0.118. The molecule has 0 aliphatic rings. The van der Waals surface area contributed by atoms with Gasteiger partial charge in [-0.3, -0.25) is 4.79 Å². The Morgan fingerprint density at radius 2 is 1.86 bits per heavy atom. The fourth-order valence-corrected chi connectivity index (χ4v) is 2.61. The molecule has 2 rings (SSSR count). The van der Waals surface area contributed by atoms with Crippen LogP contribution in [0.3, 0.4) is 0 Å². The number of halogens is 1. The normalized spacial score (nSPS) is 13.5. The van der Waals surface area contributed by atoms with E-state index in [1.807, 2.05) is 30.3 Å². The van der Waals surface area contributed by atoms with Crippen molar-refractivity contribution in [3.8, 4) is 0 Å². The molecule has 2 aromatic rings. The van der Waals surface area contributed by atoms with Crippen molar-refractivity contribution in [1.82, 2.24) is 0 Å². The maximum Gasteiger partial charge on any atom is 0.232 e. The molecule has 0 heterocycles. The molecule has 0 spiro atoms. The summed E-state index contributed by atoms with van der Waals surface area (Å²) in [5.74, 6) is -0.328. The van der Waals surface area contributed by atoms with E-state index in [1.54, 1.807) is 13.0 Å². The van der Waals surface area contributed by atoms with Crippen LogP contribution in [0.5, 0.6) is 0 Å². The summed E-state index contributed by atoms with van der Waals surface area (Å²) in [4.78, 5) is 12.7. The number of aryl methyl sites for hydroxylation is 1. The van der Waals surface area contributed by atoms with Gasteiger partial charge in [-0.2, -0.15) is 0 Å². The monoisotopic (exact) mass is 299 g/mol. The Morgan fingerprint density at radius 1 is 1.18 bits per heavy atom. The first-order valence-corrected chi connectivity index (χ1v) is 7.65. The van der Waals surface area contributed by atoms with Gasteiger partial charge in [0.1, 0.15) is 5.82 Å². The van der Waals surface area contributed by atoms with Crippen molar-refractivity contribution in [2.24, 2.45) is 5.92 Å². The highest BCUT2D eigenvalue weighted by atomic mass is 19.1. The zero-order valence-electron chi connectivity index (χ0n) is 13.3. The van der Waals surface area contributed by atoms with Gasteiger partial charge in [-0.25, -0.2) is 4.39 Å². The summed E-state index contributed by atoms with van der Waals surface area (Å²) in [5, 5.41) is 2.95. The minimum Gasteiger partial charge on any atom is -0.325 e. The topological polar surface area (TPSA) is 29.1 Å². The molecule has 0 aliphatic heterocycles. The van der Waals surface area contributed by atoms with Crippen LogP contribution in [-0.4, -0.2) is 5.91 Å². The van der Waals surface area contributed by atoms with Crippen LogP contribution in [0.4, 0.5) is 10.1 Å². The van der Waals surface area contributed by atoms with Crippen molar-refractivity contribution >= 4 is 11.6 Å². The Kier molecular flexibility index (Phi) is 5.31. The van der Waals surface area contributed by atoms with Gasteiger partial charge in [0.05, 0.1) is 5.92 Å². The molecule has 1 N–H and O–H groups in total. The number of hydrogen-bond donors (Lipinski definition) is 1. The molecule has 22 heavy (non-hydrogen) atoms. The van der Waals surface area contributed by atoms with Crippen molar-refractivity contribution in [2.75, 3.05) is 5.32 Å². The number of carbonyl (C=O) groups excluding carboxylic acids is 1. The van der Waals surface area contributed by atoms with Gasteiger partial charge in [0, 0.05) is 5.69 Å². The van der Waals surface area contributed by atoms with Crippen LogP contribution in [0, 0.1) is 18.7 Å². The van der Waals surface area contributed by atoms with E-state index in [4.69, 9.17) is 0 Å². The van der Waals surface area contributed by atoms with Crippen LogP contribution in [0.25, 0.3) is 0 Å². The van der Waals surface area contributed by atoms with Crippen LogP contribution in [0.2, 0.25) is 0 Å². The van der Waals surface area contributed by atoms with Gasteiger partial charge >= 0.3 is 0 Å². The van der Waals surface area contributed by atoms with E-state index in [9.17, 15) is 9.18 Å². The molecule has 0 saturated carbocycles. The minimum atomic E-state index is -0.294. The Bertz CT molecular complexity index is 639. The molecule has 0 fully saturated rings. The molecule has 0 aromatic heterocycles. The average Bonchev–Trinajstić information content (AvgIpc) is 2.51. The van der Waals surface area contributed by atoms with Crippen molar-refractivity contribution in [3.63, 3.8) is 0 Å². The van der Waals surface area contributed by atoms with Gasteiger partial charge in [0.25, 0.3) is 0 Å². The molecule has 3 heteroatoms. The molecule has 116 valence electrons. The average molecular weight is 299 g/mol. The molecule has 2 nitrogen and oxygen atoms in total. The molecule has 2 atom stereocenters. The molecule has 0 radical (unpaired) electrons. The molecule has 0 saturated heterocycles. The summed E-state index contributed by atoms with van der Waals surface area (Å²) in [6.07, 6.45) is 0.912. The van der Waals surface area contributed by atoms with E-state index in [0.717, 1.165) is 17.5 Å². The smallest absolute Gasteiger partial charge is 0.232 e. The summed E-state index contributed by atoms with van der Waals surface area (Å²) in [6, 6.07) is 14.2. The second kappa shape index (κ2) is 7.21. The highest BCUT2D eigenvalue weighted by Crippen LogP contribution is 2.29. The predicted molar refractivity (Wildman–Crippen MR) is 88.4 cm³/mol. The van der Waals surface area contributed by atoms with Gasteiger partial charge < -0.3 is 5.32 Å². The molecule has 2 unspecified atom stereocenters. The first kappa shape index (κ1) is 16.2. The largest absolute Gasteiger partial charge is 0.325 e. The van der Waals surface area contributed by atoms with E-state index in [1.165, 1.54) is 12.1 Å². The minimum absolute atomic E-state index is 0.0461. The Balaban J connectivity index is 2.26. The number of rotatable bonds is 5. The predicted octanol–water partition coefficient (Wildman–Crippen LogP) is 4.90. The molecule has 0 aliphatic carbocycles. The zero-order valence-corrected chi connectivity index (χ0v) is 13.3. The Labute approximate surface area is 131 Å². The summed E-state index contributed by atoms with van der Waals surface area (Å²) in [7, 11) is 0. The lowest BCUT2D eigenvalue weighted by Gasteiger charge is -2.23. The molecule has 1 amide bonds. The van der Waals surface area contributed by atoms with Crippen molar-refractivity contribution in [3.05, 3.63) is 65.5 Å². The van der Waals surface area contributed by atoms with E-state index in [0.29, 0.717) is 5.69 Å². The third-order valence-electron chi connectivity index (χ3n) is 4.10. The number of anilines is 1. The third kappa shape index (κ3) is 3.73. The van der Waals surface area contributed by atoms with E-state index in [2.05, 4.69) is 19.2 Å². The number of amides is 1. The van der Waals surface area contributed by atoms with Gasteiger partial charge in [-0.1, -0.05) is 50.6 Å². The first-order chi connectivity index (χ1) is 10.5. The maximum absolute atomic E-state index is 13.2. The van der Waals surface area contributed by atoms with Gasteiger partial charge in [-0.15, -0.1) is 0 Å². The standard InChI is InChI=1S/C19H22FNO/c1-4-13(2)18(15-8-6-5-7-9-15)19(22)21-17-11-10-16(20)12-14(17)3/h5-13,18H,4H2,1-3H3,(H,21,22). The van der Waals surface area contributed by atoms with E-state index >= 15 is 0 Å². The maximum atomic E-state index is 13.2. The van der Waals surface area contributed by atoms with E-state index < -0.39 is 0 Å². The second-order valence-electron chi connectivity index (χ2n) is 5.72. The molecule has 0 bridgehead atoms. The van der Waals surface area contributed by atoms with Gasteiger partial charge in [0.2, 0.25) is 5.91 Å². The number of hydrogen-bond acceptors (Lipinski definition) is 1. The van der Waals surface area contributed by atoms with Crippen molar-refractivity contribution in [1.29, 1.82) is 0 Å². The number of carbonyl (C=O) groups is 1. The molecular formula is C19H22FNO. The fourth-order valence-electron chi connectivity index (χ4n) is 2.61. The van der Waals surface area contributed by atoms with Crippen LogP contribution < -0.4 is 5.32 Å². The molecule has 2 aromatic carbocycles. The fraction of sp³-hybridized carbons (Fsp3) is 0.316. The third-order valence-corrected chi connectivity index (χ3v) is 4.10. The van der Waals surface area contributed by atoms with Crippen molar-refractivity contribution < 1.29 is 9.18 Å². The van der Waals surface area contributed by atoms with Crippen LogP contribution in [-0.2, 0) is 4.79 Å². The summed E-state index contributed by atoms with van der Waals surface area (Å²) in [5.41, 5.74) is 2.40. The van der Waals surface area contributed by atoms with Crippen molar-refractivity contribution in [2.45, 2.75) is 33.1 Å². The van der Waals surface area contributed by atoms with Crippen LogP contribution >= 0.6 is 0 Å². The Morgan fingerprint density at radius 3 is 2.45 bits per heavy atom. The second-order valence-corrected chi connectivity index (χ2v) is 5.72. The van der Waals surface area contributed by atoms with Gasteiger partial charge in [-0.05, 0) is 42.2 Å². The van der Waals surface area contributed by atoms with Gasteiger partial charge in [0.15, 0.2) is 0 Å². The summed E-state index contributed by atoms with van der Waals surface area (Å²) < 4.78 is 13.2. The Hall–Kier alpha value is -2.16. The number of nitrogens with one attached hydrogen (secondary N) is 1. The highest BCUT2D eigenvalue weighted by Gasteiger charge is 2.26. The first-order valence-electron chi connectivity index (χ1n) is 7.65.